The van der Waals surface area contributed by atoms with Crippen LogP contribution in [0.2, 0.25) is 18.1 Å². The lowest BCUT2D eigenvalue weighted by atomic mass is 10.1. The van der Waals surface area contributed by atoms with Gasteiger partial charge in [0.05, 0.1) is 8.07 Å². The van der Waals surface area contributed by atoms with E-state index in [-0.39, 0.29) is 5.56 Å². The van der Waals surface area contributed by atoms with Gasteiger partial charge in [-0.25, -0.2) is 13.2 Å². The number of benzene rings is 2. The molecule has 27 heavy (non-hydrogen) atoms. The van der Waals surface area contributed by atoms with E-state index in [4.69, 9.17) is 0 Å². The van der Waals surface area contributed by atoms with Crippen molar-refractivity contribution in [3.63, 3.8) is 0 Å². The van der Waals surface area contributed by atoms with E-state index in [9.17, 15) is 13.2 Å². The minimum absolute atomic E-state index is 0.127. The first kappa shape index (κ1) is 21.3. The quantitative estimate of drug-likeness (QED) is 0.293. The molecule has 0 saturated carbocycles. The molecule has 0 saturated heterocycles. The third-order valence-corrected chi connectivity index (χ3v) is 10.9. The molecule has 2 aromatic carbocycles. The molecule has 0 unspecified atom stereocenters. The Kier molecular flexibility index (Phi) is 7.74. The first-order valence-electron chi connectivity index (χ1n) is 9.72. The molecule has 0 amide bonds. The summed E-state index contributed by atoms with van der Waals surface area (Å²) in [7, 11) is -1.49. The van der Waals surface area contributed by atoms with E-state index in [2.05, 4.69) is 44.7 Å². The predicted molar refractivity (Wildman–Crippen MR) is 109 cm³/mol. The van der Waals surface area contributed by atoms with Crippen LogP contribution in [0.15, 0.2) is 36.4 Å². The molecule has 0 aliphatic carbocycles. The Morgan fingerprint density at radius 3 is 1.59 bits per heavy atom. The van der Waals surface area contributed by atoms with Crippen molar-refractivity contribution >= 4 is 13.3 Å². The first-order valence-corrected chi connectivity index (χ1v) is 12.3. The molecule has 0 aliphatic heterocycles. The Morgan fingerprint density at radius 2 is 1.15 bits per heavy atom. The summed E-state index contributed by atoms with van der Waals surface area (Å²) in [5, 5.41) is 1.47. The monoisotopic (exact) mass is 388 g/mol. The first-order chi connectivity index (χ1) is 13.0. The van der Waals surface area contributed by atoms with Crippen LogP contribution in [0.1, 0.15) is 51.2 Å². The normalized spacial score (nSPS) is 11.2. The highest BCUT2D eigenvalue weighted by atomic mass is 28.3. The average molecular weight is 389 g/mol. The molecule has 144 valence electrons. The number of hydrogen-bond donors (Lipinski definition) is 0. The average Bonchev–Trinajstić information content (AvgIpc) is 2.65. The van der Waals surface area contributed by atoms with Crippen molar-refractivity contribution < 1.29 is 13.2 Å². The summed E-state index contributed by atoms with van der Waals surface area (Å²) in [5.74, 6) is 1.74. The van der Waals surface area contributed by atoms with E-state index in [1.807, 2.05) is 12.1 Å². The van der Waals surface area contributed by atoms with Gasteiger partial charge in [0.25, 0.3) is 0 Å². The van der Waals surface area contributed by atoms with Crippen molar-refractivity contribution in [3.05, 3.63) is 65.0 Å². The molecule has 0 heterocycles. The van der Waals surface area contributed by atoms with E-state index >= 15 is 0 Å². The second-order valence-corrected chi connectivity index (χ2v) is 11.7. The molecule has 4 heteroatoms. The fraction of sp³-hybridized carbons (Fsp3) is 0.391. The smallest absolute Gasteiger partial charge is 0.194 e. The van der Waals surface area contributed by atoms with Crippen LogP contribution < -0.4 is 5.19 Å². The zero-order chi connectivity index (χ0) is 19.9. The van der Waals surface area contributed by atoms with E-state index < -0.39 is 25.5 Å². The van der Waals surface area contributed by atoms with Gasteiger partial charge in [0.2, 0.25) is 0 Å². The molecule has 2 aromatic rings. The minimum atomic E-state index is -1.49. The van der Waals surface area contributed by atoms with E-state index in [1.165, 1.54) is 42.6 Å². The van der Waals surface area contributed by atoms with Crippen molar-refractivity contribution in [2.75, 3.05) is 0 Å². The Labute approximate surface area is 161 Å². The van der Waals surface area contributed by atoms with Crippen molar-refractivity contribution in [2.24, 2.45) is 0 Å². The Morgan fingerprint density at radius 1 is 0.704 bits per heavy atom. The molecule has 0 spiro atoms. The Bertz CT molecular complexity index is 776. The molecule has 0 aromatic heterocycles. The standard InChI is InChI=1S/C23H27F3Si/c1-4-13-27(14-5-2,15-6-3)20-11-9-18(10-12-20)7-8-19-16-21(24)23(26)22(25)17-19/h9-12,16-17H,4-6,13-15H2,1-3H3. The van der Waals surface area contributed by atoms with Crippen LogP contribution in [-0.4, -0.2) is 8.07 Å². The molecule has 0 atom stereocenters. The summed E-state index contributed by atoms with van der Waals surface area (Å²) in [5.41, 5.74) is 0.915. The number of halogens is 3. The van der Waals surface area contributed by atoms with Crippen LogP contribution in [0.25, 0.3) is 0 Å². The minimum Gasteiger partial charge on any atom is -0.204 e. The molecule has 2 rings (SSSR count). The zero-order valence-electron chi connectivity index (χ0n) is 16.3. The van der Waals surface area contributed by atoms with Crippen LogP contribution >= 0.6 is 0 Å². The van der Waals surface area contributed by atoms with Gasteiger partial charge < -0.3 is 0 Å². The third kappa shape index (κ3) is 5.26. The molecule has 0 N–H and O–H groups in total. The van der Waals surface area contributed by atoms with Gasteiger partial charge >= 0.3 is 0 Å². The van der Waals surface area contributed by atoms with Crippen molar-refractivity contribution in [3.8, 4) is 11.8 Å². The SMILES string of the molecule is CCC[Si](CCC)(CCC)c1ccc(C#Cc2cc(F)c(F)c(F)c2)cc1. The lowest BCUT2D eigenvalue weighted by Gasteiger charge is -2.32. The van der Waals surface area contributed by atoms with E-state index in [0.29, 0.717) is 0 Å². The van der Waals surface area contributed by atoms with Crippen molar-refractivity contribution in [1.29, 1.82) is 0 Å². The van der Waals surface area contributed by atoms with Gasteiger partial charge in [-0.2, -0.15) is 0 Å². The van der Waals surface area contributed by atoms with Gasteiger partial charge in [-0.1, -0.05) is 87.3 Å². The van der Waals surface area contributed by atoms with Gasteiger partial charge in [0, 0.05) is 11.1 Å². The van der Waals surface area contributed by atoms with Gasteiger partial charge in [-0.05, 0) is 24.3 Å². The third-order valence-electron chi connectivity index (χ3n) is 5.02. The molecule has 0 aliphatic rings. The van der Waals surface area contributed by atoms with Crippen LogP contribution in [0.5, 0.6) is 0 Å². The van der Waals surface area contributed by atoms with Crippen LogP contribution in [-0.2, 0) is 0 Å². The molecule has 0 radical (unpaired) electrons. The maximum atomic E-state index is 13.3. The molecular formula is C23H27F3Si. The van der Waals surface area contributed by atoms with Crippen LogP contribution in [0.4, 0.5) is 13.2 Å². The summed E-state index contributed by atoms with van der Waals surface area (Å²) in [4.78, 5) is 0. The van der Waals surface area contributed by atoms with E-state index in [0.717, 1.165) is 17.7 Å². The maximum absolute atomic E-state index is 13.3. The van der Waals surface area contributed by atoms with Crippen LogP contribution in [0, 0.1) is 29.3 Å². The second kappa shape index (κ2) is 9.80. The molecule has 0 bridgehead atoms. The van der Waals surface area contributed by atoms with Crippen molar-refractivity contribution in [1.82, 2.24) is 0 Å². The number of rotatable bonds is 7. The lowest BCUT2D eigenvalue weighted by Crippen LogP contribution is -2.47. The fourth-order valence-corrected chi connectivity index (χ4v) is 9.28. The van der Waals surface area contributed by atoms with Crippen LogP contribution in [0.3, 0.4) is 0 Å². The van der Waals surface area contributed by atoms with Gasteiger partial charge in [-0.15, -0.1) is 0 Å². The lowest BCUT2D eigenvalue weighted by molar-refractivity contribution is 0.446. The van der Waals surface area contributed by atoms with Gasteiger partial charge in [0.15, 0.2) is 17.5 Å². The summed E-state index contributed by atoms with van der Waals surface area (Å²) in [6.45, 7) is 6.77. The molecule has 0 fully saturated rings. The summed E-state index contributed by atoms with van der Waals surface area (Å²) in [6.07, 6.45) is 3.61. The fourth-order valence-electron chi connectivity index (χ4n) is 3.92. The summed E-state index contributed by atoms with van der Waals surface area (Å²) in [6, 6.07) is 14.1. The Hall–Kier alpha value is -1.99. The second-order valence-electron chi connectivity index (χ2n) is 7.11. The summed E-state index contributed by atoms with van der Waals surface area (Å²) >= 11 is 0. The predicted octanol–water partition coefficient (Wildman–Crippen LogP) is 6.39. The highest BCUT2D eigenvalue weighted by Crippen LogP contribution is 2.26. The Balaban J connectivity index is 2.29. The topological polar surface area (TPSA) is 0 Å². The largest absolute Gasteiger partial charge is 0.204 e. The van der Waals surface area contributed by atoms with Crippen molar-refractivity contribution in [2.45, 2.75) is 58.2 Å². The molecule has 0 nitrogen and oxygen atoms in total. The molecular weight excluding hydrogens is 361 g/mol. The zero-order valence-corrected chi connectivity index (χ0v) is 17.3. The highest BCUT2D eigenvalue weighted by Gasteiger charge is 2.31. The maximum Gasteiger partial charge on any atom is 0.194 e. The number of hydrogen-bond acceptors (Lipinski definition) is 0. The van der Waals surface area contributed by atoms with Gasteiger partial charge in [0.1, 0.15) is 0 Å². The van der Waals surface area contributed by atoms with Gasteiger partial charge in [-0.3, -0.25) is 0 Å². The van der Waals surface area contributed by atoms with E-state index in [1.54, 1.807) is 0 Å². The highest BCUT2D eigenvalue weighted by molar-refractivity contribution is 6.91. The summed E-state index contributed by atoms with van der Waals surface area (Å²) < 4.78 is 39.6.